The van der Waals surface area contributed by atoms with E-state index in [2.05, 4.69) is 17.4 Å². The van der Waals surface area contributed by atoms with Gasteiger partial charge in [-0.25, -0.2) is 0 Å². The van der Waals surface area contributed by atoms with E-state index in [-0.39, 0.29) is 0 Å². The second-order valence-corrected chi connectivity index (χ2v) is 3.68. The summed E-state index contributed by atoms with van der Waals surface area (Å²) in [5.74, 6) is 0.670. The van der Waals surface area contributed by atoms with E-state index in [1.54, 1.807) is 0 Å². The van der Waals surface area contributed by atoms with Crippen molar-refractivity contribution < 1.29 is 0 Å². The summed E-state index contributed by atoms with van der Waals surface area (Å²) in [6.07, 6.45) is 1.24. The SMILES string of the molecule is Clc1cccc([C@@H]2CCNC2)c1. The fourth-order valence-corrected chi connectivity index (χ4v) is 1.90. The Balaban J connectivity index is 2.21. The van der Waals surface area contributed by atoms with Crippen molar-refractivity contribution in [3.8, 4) is 0 Å². The summed E-state index contributed by atoms with van der Waals surface area (Å²) in [5, 5.41) is 4.19. The minimum Gasteiger partial charge on any atom is -0.316 e. The molecule has 0 bridgehead atoms. The van der Waals surface area contributed by atoms with Gasteiger partial charge >= 0.3 is 0 Å². The molecule has 0 amide bonds. The molecule has 2 heteroatoms. The lowest BCUT2D eigenvalue weighted by atomic mass is 9.99. The van der Waals surface area contributed by atoms with Crippen LogP contribution < -0.4 is 5.32 Å². The lowest BCUT2D eigenvalue weighted by Gasteiger charge is -2.07. The summed E-state index contributed by atoms with van der Waals surface area (Å²) in [6, 6.07) is 8.17. The van der Waals surface area contributed by atoms with Crippen molar-refractivity contribution in [1.82, 2.24) is 5.32 Å². The highest BCUT2D eigenvalue weighted by Crippen LogP contribution is 2.24. The molecule has 64 valence electrons. The van der Waals surface area contributed by atoms with E-state index in [1.165, 1.54) is 12.0 Å². The minimum atomic E-state index is 0.670. The third kappa shape index (κ3) is 1.62. The van der Waals surface area contributed by atoms with Crippen LogP contribution in [0.1, 0.15) is 17.9 Å². The van der Waals surface area contributed by atoms with Gasteiger partial charge in [-0.15, -0.1) is 0 Å². The first-order chi connectivity index (χ1) is 5.86. The standard InChI is InChI=1S/C10H12ClN/c11-10-3-1-2-8(6-10)9-4-5-12-7-9/h1-3,6,9,12H,4-5,7H2/t9-/m1/s1. The first kappa shape index (κ1) is 8.09. The van der Waals surface area contributed by atoms with Crippen molar-refractivity contribution in [3.05, 3.63) is 34.9 Å². The van der Waals surface area contributed by atoms with Crippen molar-refractivity contribution in [1.29, 1.82) is 0 Å². The van der Waals surface area contributed by atoms with E-state index >= 15 is 0 Å². The number of rotatable bonds is 1. The van der Waals surface area contributed by atoms with Crippen molar-refractivity contribution in [3.63, 3.8) is 0 Å². The number of hydrogen-bond donors (Lipinski definition) is 1. The highest BCUT2D eigenvalue weighted by Gasteiger charge is 2.15. The van der Waals surface area contributed by atoms with Gasteiger partial charge in [-0.1, -0.05) is 23.7 Å². The quantitative estimate of drug-likeness (QED) is 0.702. The molecule has 12 heavy (non-hydrogen) atoms. The van der Waals surface area contributed by atoms with Crippen LogP contribution in [-0.2, 0) is 0 Å². The van der Waals surface area contributed by atoms with Crippen molar-refractivity contribution in [2.24, 2.45) is 0 Å². The molecular formula is C10H12ClN. The Hall–Kier alpha value is -0.530. The highest BCUT2D eigenvalue weighted by atomic mass is 35.5. The van der Waals surface area contributed by atoms with Crippen LogP contribution in [0.3, 0.4) is 0 Å². The van der Waals surface area contributed by atoms with E-state index in [9.17, 15) is 0 Å². The van der Waals surface area contributed by atoms with E-state index in [0.717, 1.165) is 18.1 Å². The normalized spacial score (nSPS) is 22.9. The molecule has 1 atom stereocenters. The van der Waals surface area contributed by atoms with Crippen LogP contribution in [0.4, 0.5) is 0 Å². The van der Waals surface area contributed by atoms with Gasteiger partial charge < -0.3 is 5.32 Å². The lowest BCUT2D eigenvalue weighted by Crippen LogP contribution is -2.07. The molecule has 1 aliphatic rings. The molecule has 0 saturated carbocycles. The predicted molar refractivity (Wildman–Crippen MR) is 51.7 cm³/mol. The Kier molecular flexibility index (Phi) is 2.33. The molecule has 1 aromatic carbocycles. The third-order valence-corrected chi connectivity index (χ3v) is 2.62. The van der Waals surface area contributed by atoms with Gasteiger partial charge in [0.05, 0.1) is 0 Å². The fraction of sp³-hybridized carbons (Fsp3) is 0.400. The van der Waals surface area contributed by atoms with Crippen molar-refractivity contribution in [2.75, 3.05) is 13.1 Å². The summed E-state index contributed by atoms with van der Waals surface area (Å²) in [6.45, 7) is 2.23. The summed E-state index contributed by atoms with van der Waals surface area (Å²) in [4.78, 5) is 0. The number of hydrogen-bond acceptors (Lipinski definition) is 1. The molecule has 0 unspecified atom stereocenters. The molecule has 0 aromatic heterocycles. The average Bonchev–Trinajstić information content (AvgIpc) is 2.56. The Morgan fingerprint density at radius 3 is 3.00 bits per heavy atom. The minimum absolute atomic E-state index is 0.670. The zero-order valence-corrected chi connectivity index (χ0v) is 7.64. The van der Waals surface area contributed by atoms with E-state index in [0.29, 0.717) is 5.92 Å². The van der Waals surface area contributed by atoms with Crippen LogP contribution in [0.25, 0.3) is 0 Å². The van der Waals surface area contributed by atoms with E-state index in [4.69, 9.17) is 11.6 Å². The Morgan fingerprint density at radius 1 is 1.42 bits per heavy atom. The third-order valence-electron chi connectivity index (χ3n) is 2.38. The largest absolute Gasteiger partial charge is 0.316 e. The Labute approximate surface area is 77.7 Å². The van der Waals surface area contributed by atoms with Gasteiger partial charge in [0, 0.05) is 11.6 Å². The smallest absolute Gasteiger partial charge is 0.0408 e. The van der Waals surface area contributed by atoms with Gasteiger partial charge in [0.25, 0.3) is 0 Å². The zero-order valence-electron chi connectivity index (χ0n) is 6.89. The molecule has 0 radical (unpaired) electrons. The first-order valence-corrected chi connectivity index (χ1v) is 4.70. The summed E-state index contributed by atoms with van der Waals surface area (Å²) < 4.78 is 0. The van der Waals surface area contributed by atoms with Gasteiger partial charge in [0.15, 0.2) is 0 Å². The van der Waals surface area contributed by atoms with E-state index in [1.807, 2.05) is 12.1 Å². The maximum absolute atomic E-state index is 5.90. The molecule has 1 N–H and O–H groups in total. The van der Waals surface area contributed by atoms with Crippen LogP contribution in [0.5, 0.6) is 0 Å². The van der Waals surface area contributed by atoms with Crippen molar-refractivity contribution in [2.45, 2.75) is 12.3 Å². The monoisotopic (exact) mass is 181 g/mol. The average molecular weight is 182 g/mol. The van der Waals surface area contributed by atoms with Crippen LogP contribution in [0.2, 0.25) is 5.02 Å². The van der Waals surface area contributed by atoms with Gasteiger partial charge in [-0.2, -0.15) is 0 Å². The summed E-state index contributed by atoms with van der Waals surface area (Å²) in [7, 11) is 0. The highest BCUT2D eigenvalue weighted by molar-refractivity contribution is 6.30. The molecule has 1 heterocycles. The second kappa shape index (κ2) is 3.46. The molecule has 0 spiro atoms. The Bertz CT molecular complexity index is 266. The maximum atomic E-state index is 5.90. The second-order valence-electron chi connectivity index (χ2n) is 3.24. The van der Waals surface area contributed by atoms with Crippen LogP contribution in [-0.4, -0.2) is 13.1 Å². The number of benzene rings is 1. The molecule has 1 fully saturated rings. The van der Waals surface area contributed by atoms with Crippen LogP contribution >= 0.6 is 11.6 Å². The lowest BCUT2D eigenvalue weighted by molar-refractivity contribution is 0.763. The topological polar surface area (TPSA) is 12.0 Å². The van der Waals surface area contributed by atoms with Gasteiger partial charge in [-0.05, 0) is 36.6 Å². The van der Waals surface area contributed by atoms with Gasteiger partial charge in [-0.3, -0.25) is 0 Å². The van der Waals surface area contributed by atoms with Gasteiger partial charge in [0.1, 0.15) is 0 Å². The number of nitrogens with one attached hydrogen (secondary N) is 1. The molecule has 1 nitrogen and oxygen atoms in total. The maximum Gasteiger partial charge on any atom is 0.0408 e. The van der Waals surface area contributed by atoms with Crippen LogP contribution in [0.15, 0.2) is 24.3 Å². The van der Waals surface area contributed by atoms with Crippen LogP contribution in [0, 0.1) is 0 Å². The summed E-state index contributed by atoms with van der Waals surface area (Å²) in [5.41, 5.74) is 1.37. The molecule has 1 aromatic rings. The fourth-order valence-electron chi connectivity index (χ4n) is 1.70. The molecule has 0 aliphatic carbocycles. The molecule has 2 rings (SSSR count). The molecule has 1 saturated heterocycles. The molecular weight excluding hydrogens is 170 g/mol. The van der Waals surface area contributed by atoms with Crippen molar-refractivity contribution >= 4 is 11.6 Å². The van der Waals surface area contributed by atoms with E-state index < -0.39 is 0 Å². The number of halogens is 1. The molecule has 1 aliphatic heterocycles. The zero-order chi connectivity index (χ0) is 8.39. The summed E-state index contributed by atoms with van der Waals surface area (Å²) >= 11 is 5.90. The first-order valence-electron chi connectivity index (χ1n) is 4.32. The van der Waals surface area contributed by atoms with Gasteiger partial charge in [0.2, 0.25) is 0 Å². The predicted octanol–water partition coefficient (Wildman–Crippen LogP) is 2.42. The Morgan fingerprint density at radius 2 is 2.33 bits per heavy atom.